The van der Waals surface area contributed by atoms with Gasteiger partial charge in [0.25, 0.3) is 0 Å². The summed E-state index contributed by atoms with van der Waals surface area (Å²) in [6.07, 6.45) is 4.26. The van der Waals surface area contributed by atoms with Crippen molar-refractivity contribution in [2.45, 2.75) is 47.0 Å². The number of hydrogen-bond acceptors (Lipinski definition) is 1. The molecule has 0 amide bonds. The molecule has 0 heterocycles. The Morgan fingerprint density at radius 2 is 1.91 bits per heavy atom. The summed E-state index contributed by atoms with van der Waals surface area (Å²) < 4.78 is 0. The first-order valence-electron chi connectivity index (χ1n) is 4.45. The second kappa shape index (κ2) is 4.53. The van der Waals surface area contributed by atoms with Crippen LogP contribution in [0, 0.1) is 11.3 Å². The molecule has 0 aromatic carbocycles. The zero-order chi connectivity index (χ0) is 8.91. The molecule has 0 saturated carbocycles. The van der Waals surface area contributed by atoms with Gasteiger partial charge in [-0.2, -0.15) is 0 Å². The number of aldehydes is 1. The summed E-state index contributed by atoms with van der Waals surface area (Å²) in [6.45, 7) is 8.71. The molecule has 11 heavy (non-hydrogen) atoms. The van der Waals surface area contributed by atoms with Gasteiger partial charge in [-0.05, 0) is 24.7 Å². The lowest BCUT2D eigenvalue weighted by atomic mass is 9.86. The monoisotopic (exact) mass is 156 g/mol. The minimum absolute atomic E-state index is 0.286. The van der Waals surface area contributed by atoms with Gasteiger partial charge >= 0.3 is 0 Å². The van der Waals surface area contributed by atoms with Crippen LogP contribution in [0.5, 0.6) is 0 Å². The van der Waals surface area contributed by atoms with Crippen LogP contribution in [0.25, 0.3) is 0 Å². The lowest BCUT2D eigenvalue weighted by molar-refractivity contribution is -0.111. The number of carbonyl (C=O) groups is 1. The van der Waals surface area contributed by atoms with Crippen molar-refractivity contribution in [3.8, 4) is 0 Å². The van der Waals surface area contributed by atoms with Crippen molar-refractivity contribution >= 4 is 6.29 Å². The highest BCUT2D eigenvalue weighted by Crippen LogP contribution is 2.23. The maximum Gasteiger partial charge on any atom is 0.123 e. The Bertz CT molecular complexity index is 111. The van der Waals surface area contributed by atoms with Gasteiger partial charge in [-0.3, -0.25) is 0 Å². The van der Waals surface area contributed by atoms with E-state index in [0.29, 0.717) is 5.41 Å². The third-order valence-corrected chi connectivity index (χ3v) is 1.98. The van der Waals surface area contributed by atoms with Gasteiger partial charge in [0.05, 0.1) is 0 Å². The van der Waals surface area contributed by atoms with Gasteiger partial charge in [-0.15, -0.1) is 0 Å². The van der Waals surface area contributed by atoms with Crippen molar-refractivity contribution in [2.75, 3.05) is 0 Å². The zero-order valence-corrected chi connectivity index (χ0v) is 8.18. The summed E-state index contributed by atoms with van der Waals surface area (Å²) in [5, 5.41) is 0. The van der Waals surface area contributed by atoms with Crippen LogP contribution < -0.4 is 0 Å². The van der Waals surface area contributed by atoms with Gasteiger partial charge in [0.1, 0.15) is 6.29 Å². The molecule has 0 aliphatic rings. The smallest absolute Gasteiger partial charge is 0.123 e. The van der Waals surface area contributed by atoms with Crippen molar-refractivity contribution < 1.29 is 4.79 Å². The van der Waals surface area contributed by atoms with Crippen molar-refractivity contribution in [3.63, 3.8) is 0 Å². The van der Waals surface area contributed by atoms with E-state index >= 15 is 0 Å². The highest BCUT2D eigenvalue weighted by Gasteiger charge is 2.13. The molecule has 0 rings (SSSR count). The lowest BCUT2D eigenvalue weighted by Crippen LogP contribution is -2.09. The molecule has 0 spiro atoms. The first kappa shape index (κ1) is 10.7. The largest absolute Gasteiger partial charge is 0.303 e. The molecular weight excluding hydrogens is 136 g/mol. The molecular formula is C10H20O. The van der Waals surface area contributed by atoms with Crippen LogP contribution >= 0.6 is 0 Å². The molecule has 1 atom stereocenters. The van der Waals surface area contributed by atoms with E-state index in [1.807, 2.05) is 0 Å². The van der Waals surface area contributed by atoms with E-state index in [1.54, 1.807) is 0 Å². The Morgan fingerprint density at radius 3 is 2.18 bits per heavy atom. The standard InChI is InChI=1S/C10H20O/c1-5-9(8-11)6-7-10(2,3)4/h8-9H,5-7H2,1-4H3. The zero-order valence-electron chi connectivity index (χ0n) is 8.18. The molecule has 0 aromatic heterocycles. The molecule has 1 nitrogen and oxygen atoms in total. The lowest BCUT2D eigenvalue weighted by Gasteiger charge is -2.19. The minimum Gasteiger partial charge on any atom is -0.303 e. The van der Waals surface area contributed by atoms with Gasteiger partial charge in [-0.25, -0.2) is 0 Å². The molecule has 0 bridgehead atoms. The van der Waals surface area contributed by atoms with Crippen LogP contribution in [-0.4, -0.2) is 6.29 Å². The molecule has 0 aliphatic carbocycles. The van der Waals surface area contributed by atoms with E-state index in [9.17, 15) is 4.79 Å². The Kier molecular flexibility index (Phi) is 4.39. The maximum atomic E-state index is 10.5. The van der Waals surface area contributed by atoms with E-state index in [4.69, 9.17) is 0 Å². The second-order valence-corrected chi connectivity index (χ2v) is 4.40. The summed E-state index contributed by atoms with van der Waals surface area (Å²) >= 11 is 0. The quantitative estimate of drug-likeness (QED) is 0.572. The fraction of sp³-hybridized carbons (Fsp3) is 0.900. The van der Waals surface area contributed by atoms with Gasteiger partial charge in [0.2, 0.25) is 0 Å². The fourth-order valence-electron chi connectivity index (χ4n) is 0.987. The molecule has 0 fully saturated rings. The van der Waals surface area contributed by atoms with Crippen molar-refractivity contribution in [3.05, 3.63) is 0 Å². The summed E-state index contributed by atoms with van der Waals surface area (Å²) in [7, 11) is 0. The number of hydrogen-bond donors (Lipinski definition) is 0. The van der Waals surface area contributed by atoms with Crippen LogP contribution in [0.3, 0.4) is 0 Å². The molecule has 0 saturated heterocycles. The predicted molar refractivity (Wildman–Crippen MR) is 48.5 cm³/mol. The molecule has 66 valence electrons. The molecule has 0 radical (unpaired) electrons. The average Bonchev–Trinajstić information content (AvgIpc) is 1.88. The van der Waals surface area contributed by atoms with Gasteiger partial charge in [0, 0.05) is 5.92 Å². The van der Waals surface area contributed by atoms with Crippen LogP contribution in [0.1, 0.15) is 47.0 Å². The molecule has 0 aliphatic heterocycles. The molecule has 0 aromatic rings. The SMILES string of the molecule is CCC(C=O)CCC(C)(C)C. The summed E-state index contributed by atoms with van der Waals surface area (Å²) in [4.78, 5) is 10.5. The average molecular weight is 156 g/mol. The van der Waals surface area contributed by atoms with E-state index in [2.05, 4.69) is 27.7 Å². The summed E-state index contributed by atoms with van der Waals surface area (Å²) in [5.41, 5.74) is 0.371. The highest BCUT2D eigenvalue weighted by molar-refractivity contribution is 5.53. The summed E-state index contributed by atoms with van der Waals surface area (Å²) in [6, 6.07) is 0. The topological polar surface area (TPSA) is 17.1 Å². The third-order valence-electron chi connectivity index (χ3n) is 1.98. The molecule has 1 unspecified atom stereocenters. The van der Waals surface area contributed by atoms with Crippen LogP contribution in [0.2, 0.25) is 0 Å². The van der Waals surface area contributed by atoms with Crippen molar-refractivity contribution in [1.29, 1.82) is 0 Å². The Hall–Kier alpha value is -0.330. The van der Waals surface area contributed by atoms with E-state index in [1.165, 1.54) is 0 Å². The molecule has 0 N–H and O–H groups in total. The normalized spacial score (nSPS) is 14.5. The van der Waals surface area contributed by atoms with E-state index in [0.717, 1.165) is 25.5 Å². The van der Waals surface area contributed by atoms with Crippen molar-refractivity contribution in [2.24, 2.45) is 11.3 Å². The Morgan fingerprint density at radius 1 is 1.36 bits per heavy atom. The molecule has 1 heteroatoms. The summed E-state index contributed by atoms with van der Waals surface area (Å²) in [5.74, 6) is 0.286. The Balaban J connectivity index is 3.59. The second-order valence-electron chi connectivity index (χ2n) is 4.40. The fourth-order valence-corrected chi connectivity index (χ4v) is 0.987. The van der Waals surface area contributed by atoms with Crippen molar-refractivity contribution in [1.82, 2.24) is 0 Å². The first-order chi connectivity index (χ1) is 4.99. The highest BCUT2D eigenvalue weighted by atomic mass is 16.1. The third kappa shape index (κ3) is 6.08. The van der Waals surface area contributed by atoms with Crippen LogP contribution in [0.4, 0.5) is 0 Å². The Labute approximate surface area is 70.2 Å². The first-order valence-corrected chi connectivity index (χ1v) is 4.45. The minimum atomic E-state index is 0.286. The van der Waals surface area contributed by atoms with Gasteiger partial charge in [0.15, 0.2) is 0 Å². The van der Waals surface area contributed by atoms with E-state index < -0.39 is 0 Å². The number of rotatable bonds is 4. The van der Waals surface area contributed by atoms with Crippen LogP contribution in [-0.2, 0) is 4.79 Å². The van der Waals surface area contributed by atoms with Gasteiger partial charge < -0.3 is 4.79 Å². The predicted octanol–water partition coefficient (Wildman–Crippen LogP) is 3.04. The van der Waals surface area contributed by atoms with Crippen LogP contribution in [0.15, 0.2) is 0 Å². The maximum absolute atomic E-state index is 10.5. The number of carbonyl (C=O) groups excluding carboxylic acids is 1. The van der Waals surface area contributed by atoms with E-state index in [-0.39, 0.29) is 5.92 Å². The van der Waals surface area contributed by atoms with Gasteiger partial charge in [-0.1, -0.05) is 27.7 Å².